The van der Waals surface area contributed by atoms with Crippen LogP contribution in [0, 0.1) is 0 Å². The Morgan fingerprint density at radius 2 is 2.18 bits per heavy atom. The van der Waals surface area contributed by atoms with E-state index in [2.05, 4.69) is 5.32 Å². The normalized spacial score (nSPS) is 10.2. The van der Waals surface area contributed by atoms with Crippen molar-refractivity contribution in [2.75, 3.05) is 5.32 Å². The van der Waals surface area contributed by atoms with Gasteiger partial charge in [0.2, 0.25) is 5.91 Å². The van der Waals surface area contributed by atoms with Crippen LogP contribution in [-0.4, -0.2) is 5.91 Å². The summed E-state index contributed by atoms with van der Waals surface area (Å²) in [6.07, 6.45) is 0.421. The molecule has 0 atom stereocenters. The fraction of sp³-hybridized carbons (Fsp3) is 0.154. The van der Waals surface area contributed by atoms with E-state index < -0.39 is 0 Å². The van der Waals surface area contributed by atoms with E-state index in [4.69, 9.17) is 5.73 Å². The average Bonchev–Trinajstić information content (AvgIpc) is 2.82. The van der Waals surface area contributed by atoms with Crippen LogP contribution in [0.25, 0.3) is 0 Å². The second kappa shape index (κ2) is 5.61. The van der Waals surface area contributed by atoms with Crippen molar-refractivity contribution in [3.8, 4) is 0 Å². The van der Waals surface area contributed by atoms with Gasteiger partial charge < -0.3 is 11.1 Å². The monoisotopic (exact) mass is 246 g/mol. The van der Waals surface area contributed by atoms with Crippen molar-refractivity contribution in [2.24, 2.45) is 5.73 Å². The molecule has 1 heterocycles. The van der Waals surface area contributed by atoms with Gasteiger partial charge >= 0.3 is 0 Å². The van der Waals surface area contributed by atoms with Crippen molar-refractivity contribution in [1.29, 1.82) is 0 Å². The number of anilines is 1. The molecule has 17 heavy (non-hydrogen) atoms. The zero-order valence-electron chi connectivity index (χ0n) is 9.35. The second-order valence-corrected chi connectivity index (χ2v) is 4.74. The zero-order chi connectivity index (χ0) is 12.1. The number of hydrogen-bond donors (Lipinski definition) is 2. The minimum Gasteiger partial charge on any atom is -0.326 e. The second-order valence-electron chi connectivity index (χ2n) is 3.71. The van der Waals surface area contributed by atoms with Gasteiger partial charge in [0.25, 0.3) is 0 Å². The fourth-order valence-corrected chi connectivity index (χ4v) is 2.26. The molecule has 0 radical (unpaired) electrons. The molecule has 4 heteroatoms. The summed E-state index contributed by atoms with van der Waals surface area (Å²) in [5.41, 5.74) is 7.36. The Hall–Kier alpha value is -1.65. The lowest BCUT2D eigenvalue weighted by atomic mass is 10.2. The number of benzene rings is 1. The number of hydrogen-bond acceptors (Lipinski definition) is 3. The zero-order valence-corrected chi connectivity index (χ0v) is 10.2. The molecule has 88 valence electrons. The maximum Gasteiger partial charge on any atom is 0.229 e. The van der Waals surface area contributed by atoms with Gasteiger partial charge in [-0.25, -0.2) is 0 Å². The molecule has 0 unspecified atom stereocenters. The van der Waals surface area contributed by atoms with Crippen LogP contribution in [0.4, 0.5) is 5.69 Å². The van der Waals surface area contributed by atoms with Crippen LogP contribution in [0.5, 0.6) is 0 Å². The highest BCUT2D eigenvalue weighted by molar-refractivity contribution is 7.10. The number of carbonyl (C=O) groups is 1. The van der Waals surface area contributed by atoms with E-state index >= 15 is 0 Å². The van der Waals surface area contributed by atoms with E-state index in [0.717, 1.165) is 16.1 Å². The highest BCUT2D eigenvalue weighted by Crippen LogP contribution is 2.13. The van der Waals surface area contributed by atoms with Crippen molar-refractivity contribution in [3.63, 3.8) is 0 Å². The Morgan fingerprint density at radius 3 is 2.88 bits per heavy atom. The van der Waals surface area contributed by atoms with E-state index in [9.17, 15) is 4.79 Å². The summed E-state index contributed by atoms with van der Waals surface area (Å²) in [6, 6.07) is 11.5. The molecule has 0 fully saturated rings. The first-order valence-electron chi connectivity index (χ1n) is 5.39. The van der Waals surface area contributed by atoms with Crippen molar-refractivity contribution >= 4 is 22.9 Å². The first-order valence-corrected chi connectivity index (χ1v) is 6.27. The van der Waals surface area contributed by atoms with Gasteiger partial charge in [-0.2, -0.15) is 0 Å². The van der Waals surface area contributed by atoms with Gasteiger partial charge in [-0.15, -0.1) is 11.3 Å². The summed E-state index contributed by atoms with van der Waals surface area (Å²) in [6.45, 7) is 0.481. The van der Waals surface area contributed by atoms with Crippen LogP contribution in [0.3, 0.4) is 0 Å². The summed E-state index contributed by atoms with van der Waals surface area (Å²) in [5.74, 6) is 0.00150. The van der Waals surface area contributed by atoms with Gasteiger partial charge in [-0.05, 0) is 29.1 Å². The minimum absolute atomic E-state index is 0.00150. The SMILES string of the molecule is NCc1cccc(NC(=O)Cc2cccs2)c1. The molecule has 0 spiro atoms. The summed E-state index contributed by atoms with van der Waals surface area (Å²) < 4.78 is 0. The molecule has 0 aliphatic heterocycles. The number of thiophene rings is 1. The lowest BCUT2D eigenvalue weighted by molar-refractivity contribution is -0.115. The predicted molar refractivity (Wildman–Crippen MR) is 71.0 cm³/mol. The van der Waals surface area contributed by atoms with Gasteiger partial charge in [-0.3, -0.25) is 4.79 Å². The molecule has 3 N–H and O–H groups in total. The lowest BCUT2D eigenvalue weighted by Gasteiger charge is -2.05. The number of carbonyl (C=O) groups excluding carboxylic acids is 1. The van der Waals surface area contributed by atoms with E-state index in [-0.39, 0.29) is 5.91 Å². The molecule has 1 aromatic carbocycles. The van der Waals surface area contributed by atoms with Crippen LogP contribution in [0.2, 0.25) is 0 Å². The van der Waals surface area contributed by atoms with Crippen molar-refractivity contribution < 1.29 is 4.79 Å². The summed E-state index contributed by atoms with van der Waals surface area (Å²) in [5, 5.41) is 4.84. The molecule has 0 aliphatic rings. The molecule has 1 aromatic heterocycles. The Bertz CT molecular complexity index is 494. The van der Waals surface area contributed by atoms with Gasteiger partial charge in [-0.1, -0.05) is 18.2 Å². The number of amides is 1. The Kier molecular flexibility index (Phi) is 3.90. The smallest absolute Gasteiger partial charge is 0.229 e. The Balaban J connectivity index is 1.98. The van der Waals surface area contributed by atoms with E-state index in [1.165, 1.54) is 0 Å². The van der Waals surface area contributed by atoms with Crippen LogP contribution in [-0.2, 0) is 17.8 Å². The van der Waals surface area contributed by atoms with Crippen LogP contribution >= 0.6 is 11.3 Å². The maximum atomic E-state index is 11.7. The lowest BCUT2D eigenvalue weighted by Crippen LogP contribution is -2.13. The Morgan fingerprint density at radius 1 is 1.29 bits per heavy atom. The Labute approximate surface area is 104 Å². The third-order valence-electron chi connectivity index (χ3n) is 2.36. The van der Waals surface area contributed by atoms with E-state index in [1.54, 1.807) is 11.3 Å². The molecule has 0 aliphatic carbocycles. The van der Waals surface area contributed by atoms with Crippen LogP contribution in [0.15, 0.2) is 41.8 Å². The summed E-state index contributed by atoms with van der Waals surface area (Å²) in [7, 11) is 0. The molecule has 0 bridgehead atoms. The quantitative estimate of drug-likeness (QED) is 0.870. The first-order chi connectivity index (χ1) is 8.28. The van der Waals surface area contributed by atoms with E-state index in [1.807, 2.05) is 41.8 Å². The van der Waals surface area contributed by atoms with Crippen LogP contribution in [0.1, 0.15) is 10.4 Å². The topological polar surface area (TPSA) is 55.1 Å². The van der Waals surface area contributed by atoms with E-state index in [0.29, 0.717) is 13.0 Å². The standard InChI is InChI=1S/C13H14N2OS/c14-9-10-3-1-4-11(7-10)15-13(16)8-12-5-2-6-17-12/h1-7H,8-9,14H2,(H,15,16). The molecule has 3 nitrogen and oxygen atoms in total. The highest BCUT2D eigenvalue weighted by Gasteiger charge is 2.04. The van der Waals surface area contributed by atoms with Gasteiger partial charge in [0.15, 0.2) is 0 Å². The minimum atomic E-state index is 0.00150. The number of rotatable bonds is 4. The molecule has 1 amide bonds. The molecule has 2 rings (SSSR count). The third-order valence-corrected chi connectivity index (χ3v) is 3.24. The van der Waals surface area contributed by atoms with Gasteiger partial charge in [0, 0.05) is 17.1 Å². The largest absolute Gasteiger partial charge is 0.326 e. The van der Waals surface area contributed by atoms with Crippen LogP contribution < -0.4 is 11.1 Å². The van der Waals surface area contributed by atoms with Gasteiger partial charge in [0.05, 0.1) is 6.42 Å². The van der Waals surface area contributed by atoms with Crippen molar-refractivity contribution in [1.82, 2.24) is 0 Å². The molecule has 0 saturated carbocycles. The maximum absolute atomic E-state index is 11.7. The molecule has 2 aromatic rings. The molecular weight excluding hydrogens is 232 g/mol. The average molecular weight is 246 g/mol. The van der Waals surface area contributed by atoms with Crippen molar-refractivity contribution in [2.45, 2.75) is 13.0 Å². The number of nitrogens with one attached hydrogen (secondary N) is 1. The van der Waals surface area contributed by atoms with Gasteiger partial charge in [0.1, 0.15) is 0 Å². The predicted octanol–water partition coefficient (Wildman–Crippen LogP) is 2.39. The van der Waals surface area contributed by atoms with Crippen molar-refractivity contribution in [3.05, 3.63) is 52.2 Å². The summed E-state index contributed by atoms with van der Waals surface area (Å²) >= 11 is 1.59. The molecule has 0 saturated heterocycles. The third kappa shape index (κ3) is 3.41. The first kappa shape index (κ1) is 11.8. The molecular formula is C13H14N2OS. The number of nitrogens with two attached hydrogens (primary N) is 1. The highest BCUT2D eigenvalue weighted by atomic mass is 32.1. The fourth-order valence-electron chi connectivity index (χ4n) is 1.55. The summed E-state index contributed by atoms with van der Waals surface area (Å²) in [4.78, 5) is 12.8.